The van der Waals surface area contributed by atoms with E-state index in [-0.39, 0.29) is 41.7 Å². The van der Waals surface area contributed by atoms with Crippen LogP contribution in [0.1, 0.15) is 59.8 Å². The number of ether oxygens (including phenoxy) is 2. The molecule has 2 heterocycles. The lowest BCUT2D eigenvalue weighted by atomic mass is 9.45. The molecule has 2 aliphatic heterocycles. The lowest BCUT2D eigenvalue weighted by molar-refractivity contribution is -0.148. The molecule has 3 N–H and O–H groups in total. The van der Waals surface area contributed by atoms with Crippen LogP contribution in [0.4, 0.5) is 0 Å². The number of aliphatic hydroxyl groups is 3. The minimum atomic E-state index is -0.801. The summed E-state index contributed by atoms with van der Waals surface area (Å²) in [5, 5.41) is 31.7. The summed E-state index contributed by atoms with van der Waals surface area (Å²) in [7, 11) is 0. The van der Waals surface area contributed by atoms with Crippen molar-refractivity contribution < 1.29 is 34.4 Å². The van der Waals surface area contributed by atoms with Gasteiger partial charge in [-0.05, 0) is 92.9 Å². The molecule has 0 radical (unpaired) electrons. The predicted molar refractivity (Wildman–Crippen MR) is 126 cm³/mol. The number of rotatable bonds is 2. The number of fused-ring (bicyclic) bond motifs is 4. The van der Waals surface area contributed by atoms with E-state index in [1.165, 1.54) is 6.08 Å². The Hall–Kier alpha value is -1.80. The minimum Gasteiger partial charge on any atom is -0.454 e. The number of hydrogen-bond donors (Lipinski definition) is 3. The van der Waals surface area contributed by atoms with Crippen molar-refractivity contribution in [3.05, 3.63) is 34.4 Å². The quantitative estimate of drug-likeness (QED) is 0.313. The second-order valence-electron chi connectivity index (χ2n) is 12.2. The van der Waals surface area contributed by atoms with Crippen molar-refractivity contribution in [1.29, 1.82) is 0 Å². The van der Waals surface area contributed by atoms with Gasteiger partial charge < -0.3 is 24.8 Å². The van der Waals surface area contributed by atoms with Crippen LogP contribution in [-0.2, 0) is 19.1 Å². The van der Waals surface area contributed by atoms with Crippen molar-refractivity contribution in [3.8, 4) is 0 Å². The maximum atomic E-state index is 13.3. The minimum absolute atomic E-state index is 0.0464. The normalized spacial score (nSPS) is 51.8. The van der Waals surface area contributed by atoms with E-state index >= 15 is 0 Å². The molecule has 10 atom stereocenters. The first-order valence-corrected chi connectivity index (χ1v) is 13.0. The van der Waals surface area contributed by atoms with Crippen LogP contribution in [0, 0.1) is 28.6 Å². The average Bonchev–Trinajstić information content (AvgIpc) is 3.47. The zero-order valence-electron chi connectivity index (χ0n) is 20.9. The Morgan fingerprint density at radius 3 is 2.60 bits per heavy atom. The Morgan fingerprint density at radius 1 is 1.17 bits per heavy atom. The highest BCUT2D eigenvalue weighted by Crippen LogP contribution is 2.72. The van der Waals surface area contributed by atoms with Crippen molar-refractivity contribution in [1.82, 2.24) is 0 Å². The second kappa shape index (κ2) is 7.37. The molecule has 6 aliphatic rings. The number of hydrogen-bond acceptors (Lipinski definition) is 7. The summed E-state index contributed by atoms with van der Waals surface area (Å²) in [6, 6.07) is 0. The van der Waals surface area contributed by atoms with E-state index in [1.807, 2.05) is 20.8 Å². The smallest absolute Gasteiger partial charge is 0.336 e. The van der Waals surface area contributed by atoms with Crippen molar-refractivity contribution in [2.75, 3.05) is 6.61 Å². The number of cyclic esters (lactones) is 1. The van der Waals surface area contributed by atoms with E-state index in [9.17, 15) is 24.9 Å². The molecule has 35 heavy (non-hydrogen) atoms. The molecule has 0 amide bonds. The van der Waals surface area contributed by atoms with Crippen LogP contribution in [0.25, 0.3) is 0 Å². The molecular formula is C28H36O7. The molecule has 0 unspecified atom stereocenters. The van der Waals surface area contributed by atoms with Crippen LogP contribution >= 0.6 is 0 Å². The van der Waals surface area contributed by atoms with Crippen molar-refractivity contribution >= 4 is 11.8 Å². The van der Waals surface area contributed by atoms with Crippen molar-refractivity contribution in [2.45, 2.75) is 89.8 Å². The molecule has 0 aromatic heterocycles. The van der Waals surface area contributed by atoms with Gasteiger partial charge in [0.25, 0.3) is 0 Å². The van der Waals surface area contributed by atoms with Crippen LogP contribution in [-0.4, -0.2) is 63.7 Å². The van der Waals surface area contributed by atoms with Gasteiger partial charge in [-0.25, -0.2) is 4.79 Å². The number of epoxide rings is 1. The number of aliphatic hydroxyl groups excluding tert-OH is 3. The lowest BCUT2D eigenvalue weighted by Gasteiger charge is -2.57. The van der Waals surface area contributed by atoms with Crippen molar-refractivity contribution in [2.24, 2.45) is 28.6 Å². The topological polar surface area (TPSA) is 117 Å². The third kappa shape index (κ3) is 2.76. The molecule has 4 aliphatic carbocycles. The molecule has 0 aromatic rings. The Labute approximate surface area is 205 Å². The standard InChI is InChI=1S/C28H36O7/c1-13-9-20(34-25(33)16(13)12-29)14(2)24-19(30)11-18-15-10-23-28(35-23)22(32)6-5-21(31)27(28,4)17(15)7-8-26(18,24)3/h5-6,15,17-20,22-23,29-30,32H,7-12H2,1-4H3/b24-14+/t15-,17+,18+,19+,20-,22+,23-,26+,27+,28-/m1/s1. The molecular weight excluding hydrogens is 448 g/mol. The fourth-order valence-corrected chi connectivity index (χ4v) is 9.16. The van der Waals surface area contributed by atoms with Gasteiger partial charge in [-0.2, -0.15) is 0 Å². The molecule has 6 rings (SSSR count). The van der Waals surface area contributed by atoms with Gasteiger partial charge in [-0.1, -0.05) is 12.5 Å². The van der Waals surface area contributed by atoms with Gasteiger partial charge in [-0.3, -0.25) is 4.79 Å². The summed E-state index contributed by atoms with van der Waals surface area (Å²) in [5.41, 5.74) is 1.23. The Bertz CT molecular complexity index is 1100. The Balaban J connectivity index is 1.36. The largest absolute Gasteiger partial charge is 0.454 e. The molecule has 4 fully saturated rings. The first kappa shape index (κ1) is 23.6. The monoisotopic (exact) mass is 484 g/mol. The summed E-state index contributed by atoms with van der Waals surface area (Å²) < 4.78 is 11.9. The van der Waals surface area contributed by atoms with E-state index in [0.29, 0.717) is 18.4 Å². The fraction of sp³-hybridized carbons (Fsp3) is 0.714. The highest BCUT2D eigenvalue weighted by molar-refractivity contribution is 5.98. The van der Waals surface area contributed by atoms with Gasteiger partial charge in [0.2, 0.25) is 0 Å². The summed E-state index contributed by atoms with van der Waals surface area (Å²) in [6.07, 6.45) is 4.71. The van der Waals surface area contributed by atoms with Gasteiger partial charge in [0, 0.05) is 6.42 Å². The summed E-state index contributed by atoms with van der Waals surface area (Å²) in [4.78, 5) is 25.8. The highest BCUT2D eigenvalue weighted by atomic mass is 16.6. The van der Waals surface area contributed by atoms with Gasteiger partial charge >= 0.3 is 5.97 Å². The van der Waals surface area contributed by atoms with E-state index in [1.54, 1.807) is 6.08 Å². The number of allylic oxidation sites excluding steroid dienone is 1. The first-order valence-electron chi connectivity index (χ1n) is 13.0. The lowest BCUT2D eigenvalue weighted by Crippen LogP contribution is -2.63. The maximum absolute atomic E-state index is 13.3. The van der Waals surface area contributed by atoms with Crippen molar-refractivity contribution in [3.63, 3.8) is 0 Å². The van der Waals surface area contributed by atoms with Gasteiger partial charge in [0.05, 0.1) is 29.8 Å². The number of carbonyl (C=O) groups excluding carboxylic acids is 2. The zero-order chi connectivity index (χ0) is 25.1. The van der Waals surface area contributed by atoms with Gasteiger partial charge in [0.15, 0.2) is 5.78 Å². The van der Waals surface area contributed by atoms with Crippen LogP contribution in [0.15, 0.2) is 34.4 Å². The van der Waals surface area contributed by atoms with E-state index in [2.05, 4.69) is 6.92 Å². The molecule has 7 nitrogen and oxygen atoms in total. The summed E-state index contributed by atoms with van der Waals surface area (Å²) in [6.45, 7) is 7.71. The van der Waals surface area contributed by atoms with Crippen LogP contribution < -0.4 is 0 Å². The number of ketones is 1. The Morgan fingerprint density at radius 2 is 1.91 bits per heavy atom. The number of esters is 1. The summed E-state index contributed by atoms with van der Waals surface area (Å²) >= 11 is 0. The first-order chi connectivity index (χ1) is 16.5. The van der Waals surface area contributed by atoms with E-state index in [4.69, 9.17) is 9.47 Å². The highest BCUT2D eigenvalue weighted by Gasteiger charge is 2.80. The molecule has 1 saturated heterocycles. The van der Waals surface area contributed by atoms with Crippen LogP contribution in [0.5, 0.6) is 0 Å². The Kier molecular flexibility index (Phi) is 4.97. The SMILES string of the molecule is CC1=C(CO)C(=O)O[C@@H](/C(C)=C2\[C@@H](O)C[C@H]3[C@@H]4C[C@H]5O[C@]56[C@@H](O)C=CC(=O)[C@]6(C)[C@H]4CC[C@]23C)C1. The second-order valence-corrected chi connectivity index (χ2v) is 12.2. The third-order valence-electron chi connectivity index (χ3n) is 11.0. The summed E-state index contributed by atoms with van der Waals surface area (Å²) in [5.74, 6) is 0.0377. The zero-order valence-corrected chi connectivity index (χ0v) is 20.9. The molecule has 3 saturated carbocycles. The average molecular weight is 485 g/mol. The van der Waals surface area contributed by atoms with Gasteiger partial charge in [0.1, 0.15) is 17.8 Å². The van der Waals surface area contributed by atoms with Crippen LogP contribution in [0.2, 0.25) is 0 Å². The maximum Gasteiger partial charge on any atom is 0.336 e. The third-order valence-corrected chi connectivity index (χ3v) is 11.0. The molecule has 1 spiro atoms. The molecule has 0 bridgehead atoms. The molecule has 7 heteroatoms. The predicted octanol–water partition coefficient (Wildman–Crippen LogP) is 2.39. The van der Waals surface area contributed by atoms with Crippen LogP contribution in [0.3, 0.4) is 0 Å². The van der Waals surface area contributed by atoms with E-state index in [0.717, 1.165) is 36.0 Å². The molecule has 190 valence electrons. The van der Waals surface area contributed by atoms with Gasteiger partial charge in [-0.15, -0.1) is 0 Å². The fourth-order valence-electron chi connectivity index (χ4n) is 9.16. The molecule has 0 aromatic carbocycles. The van der Waals surface area contributed by atoms with E-state index < -0.39 is 35.3 Å². The number of carbonyl (C=O) groups is 2.